The third kappa shape index (κ3) is 7.09. The third-order valence-electron chi connectivity index (χ3n) is 3.52. The highest BCUT2D eigenvalue weighted by molar-refractivity contribution is 14.0. The van der Waals surface area contributed by atoms with Crippen molar-refractivity contribution >= 4 is 35.6 Å². The van der Waals surface area contributed by atoms with Crippen LogP contribution in [-0.4, -0.2) is 40.4 Å². The van der Waals surface area contributed by atoms with Gasteiger partial charge in [-0.05, 0) is 17.7 Å². The molecule has 0 fully saturated rings. The summed E-state index contributed by atoms with van der Waals surface area (Å²) in [6.07, 6.45) is 0. The van der Waals surface area contributed by atoms with Crippen molar-refractivity contribution in [1.82, 2.24) is 5.32 Å². The van der Waals surface area contributed by atoms with Crippen LogP contribution in [0.2, 0.25) is 0 Å². The van der Waals surface area contributed by atoms with Crippen LogP contribution in [0, 0.1) is 0 Å². The quantitative estimate of drug-likeness (QED) is 0.267. The first-order chi connectivity index (χ1) is 12.3. The molecule has 7 heteroatoms. The lowest BCUT2D eigenvalue weighted by Crippen LogP contribution is -2.33. The topological polar surface area (TPSA) is 64.1 Å². The highest BCUT2D eigenvalue weighted by atomic mass is 127. The number of nitrogens with zero attached hydrogens (tertiary/aromatic N) is 1. The Labute approximate surface area is 172 Å². The van der Waals surface area contributed by atoms with Crippen LogP contribution in [0.5, 0.6) is 11.5 Å². The number of hydrogen-bond acceptors (Lipinski definition) is 4. The van der Waals surface area contributed by atoms with Gasteiger partial charge in [-0.25, -0.2) is 0 Å². The lowest BCUT2D eigenvalue weighted by atomic mass is 10.2. The summed E-state index contributed by atoms with van der Waals surface area (Å²) in [6.45, 7) is 1.84. The Morgan fingerprint density at radius 1 is 1.00 bits per heavy atom. The van der Waals surface area contributed by atoms with E-state index in [9.17, 15) is 0 Å². The Kier molecular flexibility index (Phi) is 10.5. The number of aliphatic imine (C=N–C) groups is 1. The molecule has 2 rings (SSSR count). The fourth-order valence-electron chi connectivity index (χ4n) is 2.24. The van der Waals surface area contributed by atoms with Gasteiger partial charge in [0.1, 0.15) is 0 Å². The second-order valence-electron chi connectivity index (χ2n) is 5.23. The predicted molar refractivity (Wildman–Crippen MR) is 116 cm³/mol. The first-order valence-corrected chi connectivity index (χ1v) is 8.08. The molecule has 0 radical (unpaired) electrons. The number of ether oxygens (including phenoxy) is 3. The number of nitrogens with one attached hydrogen (secondary N) is 2. The average Bonchev–Trinajstić information content (AvgIpc) is 2.67. The lowest BCUT2D eigenvalue weighted by molar-refractivity contribution is 0.125. The second-order valence-corrected chi connectivity index (χ2v) is 5.23. The van der Waals surface area contributed by atoms with Crippen LogP contribution >= 0.6 is 24.0 Å². The first-order valence-electron chi connectivity index (χ1n) is 8.08. The van der Waals surface area contributed by atoms with E-state index in [1.807, 2.05) is 48.5 Å². The lowest BCUT2D eigenvalue weighted by Gasteiger charge is -2.14. The maximum Gasteiger partial charge on any atom is 0.195 e. The molecule has 2 aromatic rings. The molecule has 2 N–H and O–H groups in total. The summed E-state index contributed by atoms with van der Waals surface area (Å²) in [7, 11) is 4.95. The van der Waals surface area contributed by atoms with Crippen LogP contribution in [0.3, 0.4) is 0 Å². The summed E-state index contributed by atoms with van der Waals surface area (Å²) in [5.74, 6) is 2.01. The fraction of sp³-hybridized carbons (Fsp3) is 0.316. The van der Waals surface area contributed by atoms with Gasteiger partial charge in [0.05, 0.1) is 27.4 Å². The van der Waals surface area contributed by atoms with Gasteiger partial charge < -0.3 is 24.8 Å². The van der Waals surface area contributed by atoms with Gasteiger partial charge in [-0.1, -0.05) is 30.3 Å². The molecule has 0 aliphatic rings. The van der Waals surface area contributed by atoms with Crippen molar-refractivity contribution in [2.45, 2.75) is 6.61 Å². The molecule has 0 aliphatic heterocycles. The van der Waals surface area contributed by atoms with Crippen molar-refractivity contribution < 1.29 is 14.2 Å². The van der Waals surface area contributed by atoms with E-state index in [1.165, 1.54) is 0 Å². The van der Waals surface area contributed by atoms with Gasteiger partial charge >= 0.3 is 0 Å². The number of rotatable bonds is 8. The summed E-state index contributed by atoms with van der Waals surface area (Å²) >= 11 is 0. The van der Waals surface area contributed by atoms with E-state index in [1.54, 1.807) is 21.3 Å². The van der Waals surface area contributed by atoms with E-state index in [4.69, 9.17) is 14.2 Å². The molecule has 0 aliphatic carbocycles. The van der Waals surface area contributed by atoms with E-state index in [0.717, 1.165) is 11.3 Å². The van der Waals surface area contributed by atoms with Crippen molar-refractivity contribution in [2.24, 2.45) is 4.99 Å². The largest absolute Gasteiger partial charge is 0.493 e. The van der Waals surface area contributed by atoms with Gasteiger partial charge in [0.15, 0.2) is 17.5 Å². The highest BCUT2D eigenvalue weighted by Crippen LogP contribution is 2.29. The molecule has 0 atom stereocenters. The van der Waals surface area contributed by atoms with Crippen LogP contribution in [0.4, 0.5) is 5.69 Å². The van der Waals surface area contributed by atoms with E-state index in [0.29, 0.717) is 37.2 Å². The highest BCUT2D eigenvalue weighted by Gasteiger charge is 2.06. The number of anilines is 1. The summed E-state index contributed by atoms with van der Waals surface area (Å²) < 4.78 is 16.2. The molecule has 2 aromatic carbocycles. The van der Waals surface area contributed by atoms with Gasteiger partial charge in [-0.2, -0.15) is 0 Å². The average molecular weight is 471 g/mol. The molecule has 142 valence electrons. The van der Waals surface area contributed by atoms with Gasteiger partial charge in [0, 0.05) is 25.3 Å². The van der Waals surface area contributed by atoms with Gasteiger partial charge in [0.25, 0.3) is 0 Å². The Balaban J connectivity index is 0.00000338. The second kappa shape index (κ2) is 12.4. The number of halogens is 1. The van der Waals surface area contributed by atoms with E-state index >= 15 is 0 Å². The summed E-state index contributed by atoms with van der Waals surface area (Å²) in [4.78, 5) is 4.20. The summed E-state index contributed by atoms with van der Waals surface area (Å²) in [5, 5.41) is 6.42. The van der Waals surface area contributed by atoms with Crippen LogP contribution in [0.1, 0.15) is 5.56 Å². The number of methoxy groups -OCH3 is 2. The SMILES string of the molecule is CN=C(NCCOCc1ccccc1)Nc1ccc(OC)c(OC)c1.I. The Morgan fingerprint density at radius 3 is 2.38 bits per heavy atom. The summed E-state index contributed by atoms with van der Waals surface area (Å²) in [5.41, 5.74) is 2.02. The molecule has 0 bridgehead atoms. The maximum atomic E-state index is 5.65. The minimum atomic E-state index is 0. The van der Waals surface area contributed by atoms with Gasteiger partial charge in [-0.15, -0.1) is 24.0 Å². The van der Waals surface area contributed by atoms with Crippen LogP contribution in [0.15, 0.2) is 53.5 Å². The number of hydrogen-bond donors (Lipinski definition) is 2. The van der Waals surface area contributed by atoms with Crippen molar-refractivity contribution in [3.05, 3.63) is 54.1 Å². The third-order valence-corrected chi connectivity index (χ3v) is 3.52. The van der Waals surface area contributed by atoms with E-state index < -0.39 is 0 Å². The Morgan fingerprint density at radius 2 is 1.73 bits per heavy atom. The zero-order valence-electron chi connectivity index (χ0n) is 15.3. The molecule has 0 saturated carbocycles. The van der Waals surface area contributed by atoms with Crippen molar-refractivity contribution in [3.8, 4) is 11.5 Å². The molecular formula is C19H26IN3O3. The summed E-state index contributed by atoms with van der Waals surface area (Å²) in [6, 6.07) is 15.7. The molecule has 26 heavy (non-hydrogen) atoms. The molecule has 6 nitrogen and oxygen atoms in total. The monoisotopic (exact) mass is 471 g/mol. The standard InChI is InChI=1S/C19H25N3O3.HI/c1-20-19(21-11-12-25-14-15-7-5-4-6-8-15)22-16-9-10-17(23-2)18(13-16)24-3;/h4-10,13H,11-12,14H2,1-3H3,(H2,20,21,22);1H. The van der Waals surface area contributed by atoms with Gasteiger partial charge in [-0.3, -0.25) is 4.99 Å². The Hall–Kier alpha value is -2.00. The molecule has 0 spiro atoms. The maximum absolute atomic E-state index is 5.65. The molecule has 0 saturated heterocycles. The predicted octanol–water partition coefficient (Wildman–Crippen LogP) is 3.53. The van der Waals surface area contributed by atoms with E-state index in [2.05, 4.69) is 15.6 Å². The number of benzene rings is 2. The minimum absolute atomic E-state index is 0. The van der Waals surface area contributed by atoms with Gasteiger partial charge in [0.2, 0.25) is 0 Å². The molecular weight excluding hydrogens is 445 g/mol. The fourth-order valence-corrected chi connectivity index (χ4v) is 2.24. The Bertz CT molecular complexity index is 681. The normalized spacial score (nSPS) is 10.7. The molecule has 0 aromatic heterocycles. The first kappa shape index (κ1) is 22.0. The van der Waals surface area contributed by atoms with Crippen molar-refractivity contribution in [2.75, 3.05) is 39.7 Å². The molecule has 0 heterocycles. The van der Waals surface area contributed by atoms with Crippen molar-refractivity contribution in [3.63, 3.8) is 0 Å². The smallest absolute Gasteiger partial charge is 0.195 e. The van der Waals surface area contributed by atoms with Crippen LogP contribution in [0.25, 0.3) is 0 Å². The van der Waals surface area contributed by atoms with Crippen molar-refractivity contribution in [1.29, 1.82) is 0 Å². The van der Waals surface area contributed by atoms with Crippen LogP contribution < -0.4 is 20.1 Å². The van der Waals surface area contributed by atoms with Crippen LogP contribution in [-0.2, 0) is 11.3 Å². The molecule has 0 unspecified atom stereocenters. The number of guanidine groups is 1. The van der Waals surface area contributed by atoms with E-state index in [-0.39, 0.29) is 24.0 Å². The zero-order valence-corrected chi connectivity index (χ0v) is 17.7. The molecule has 0 amide bonds. The zero-order chi connectivity index (χ0) is 17.9. The minimum Gasteiger partial charge on any atom is -0.493 e.